The highest BCUT2D eigenvalue weighted by Crippen LogP contribution is 2.46. The highest BCUT2D eigenvalue weighted by molar-refractivity contribution is 6.74. The summed E-state index contributed by atoms with van der Waals surface area (Å²) in [7, 11) is 0.797. The highest BCUT2D eigenvalue weighted by Gasteiger charge is 2.52. The number of carbonyl (C=O) groups is 1. The topological polar surface area (TPSA) is 117 Å². The quantitative estimate of drug-likeness (QED) is 0.0956. The third kappa shape index (κ3) is 7.51. The van der Waals surface area contributed by atoms with E-state index in [1.165, 1.54) is 6.33 Å². The molecule has 6 aromatic rings. The lowest BCUT2D eigenvalue weighted by Crippen LogP contribution is -2.49. The minimum absolute atomic E-state index is 0.00757. The molecule has 0 spiro atoms. The zero-order chi connectivity index (χ0) is 42.2. The lowest BCUT2D eigenvalue weighted by atomic mass is 9.80. The fraction of sp³-hybridized carbons (Fsp3) is 0.354. The van der Waals surface area contributed by atoms with E-state index in [0.717, 1.165) is 45.6 Å². The average molecular weight is 827 g/mol. The van der Waals surface area contributed by atoms with Gasteiger partial charge in [-0.15, -0.1) is 0 Å². The van der Waals surface area contributed by atoms with E-state index < -0.39 is 38.5 Å². The normalized spacial score (nSPS) is 19.6. The van der Waals surface area contributed by atoms with E-state index >= 15 is 0 Å². The van der Waals surface area contributed by atoms with Crippen molar-refractivity contribution >= 4 is 31.1 Å². The molecule has 60 heavy (non-hydrogen) atoms. The Morgan fingerprint density at radius 2 is 1.42 bits per heavy atom. The second kappa shape index (κ2) is 16.6. The van der Waals surface area contributed by atoms with Gasteiger partial charge in [-0.3, -0.25) is 9.69 Å². The lowest BCUT2D eigenvalue weighted by molar-refractivity contribution is -0.0939. The number of anilines is 1. The molecule has 0 bridgehead atoms. The van der Waals surface area contributed by atoms with Crippen LogP contribution in [0.4, 0.5) is 5.82 Å². The second-order valence-electron chi connectivity index (χ2n) is 17.1. The molecule has 0 unspecified atom stereocenters. The third-order valence-electron chi connectivity index (χ3n) is 12.5. The van der Waals surface area contributed by atoms with Gasteiger partial charge in [-0.2, -0.15) is 0 Å². The molecule has 8 rings (SSSR count). The molecule has 1 N–H and O–H groups in total. The van der Waals surface area contributed by atoms with Crippen LogP contribution in [0.15, 0.2) is 122 Å². The van der Waals surface area contributed by atoms with Crippen LogP contribution in [-0.4, -0.2) is 79.5 Å². The molecule has 2 aromatic heterocycles. The number of amides is 1. The summed E-state index contributed by atoms with van der Waals surface area (Å²) < 4.78 is 34.5. The Labute approximate surface area is 353 Å². The van der Waals surface area contributed by atoms with Gasteiger partial charge in [0.25, 0.3) is 5.91 Å². The molecule has 4 aromatic carbocycles. The first-order valence-corrected chi connectivity index (χ1v) is 23.5. The van der Waals surface area contributed by atoms with Crippen molar-refractivity contribution in [3.8, 4) is 11.5 Å². The number of benzene rings is 4. The smallest absolute Gasteiger partial charge is 0.259 e. The van der Waals surface area contributed by atoms with Crippen LogP contribution in [0.1, 0.15) is 66.0 Å². The van der Waals surface area contributed by atoms with E-state index in [4.69, 9.17) is 33.3 Å². The van der Waals surface area contributed by atoms with Crippen molar-refractivity contribution < 1.29 is 33.3 Å². The first-order chi connectivity index (χ1) is 28.9. The number of hydrogen-bond acceptors (Lipinski definition) is 9. The largest absolute Gasteiger partial charge is 0.497 e. The highest BCUT2D eigenvalue weighted by atomic mass is 28.4. The molecule has 2 aliphatic rings. The summed E-state index contributed by atoms with van der Waals surface area (Å²) in [6, 6.07) is 35.1. The molecular weight excluding hydrogens is 773 g/mol. The van der Waals surface area contributed by atoms with Gasteiger partial charge in [0.15, 0.2) is 14.5 Å². The molecule has 4 atom stereocenters. The number of carbonyl (C=O) groups excluding carboxylic acids is 1. The van der Waals surface area contributed by atoms with Crippen molar-refractivity contribution in [1.82, 2.24) is 14.5 Å². The standard InChI is InChI=1S/C48H54N4O7Si/c1-47(2,3)60(6,7)59-42-41(53)39(30-57-48(34-18-12-9-13-19-34,35-20-24-37(55-4)25-21-35)36-22-26-38(56-5)27-23-36)58-46(42)52-29-33-17-14-28-51(43-40(33)44(52)50-31-49-43)45(54)32-15-10-8-11-16-32/h8-13,15-16,18-27,29,31,39,41-42,46,53H,14,17,28,30H2,1-7H3/t39-,41-,42-,46-/m1/s1. The third-order valence-corrected chi connectivity index (χ3v) is 17.0. The molecule has 2 aliphatic heterocycles. The van der Waals surface area contributed by atoms with Crippen molar-refractivity contribution in [1.29, 1.82) is 0 Å². The van der Waals surface area contributed by atoms with E-state index in [2.05, 4.69) is 33.9 Å². The number of hydrogen-bond donors (Lipinski definition) is 1. The summed E-state index contributed by atoms with van der Waals surface area (Å²) in [5, 5.41) is 13.1. The van der Waals surface area contributed by atoms with E-state index in [1.54, 1.807) is 19.1 Å². The Bertz CT molecular complexity index is 2370. The SMILES string of the molecule is COc1ccc(C(OC[C@H]2O[C@@H](n3cc4c5c(ncnc53)N(C(=O)c3ccccc3)CCC4)[C@H](O[Si](C)(C)C(C)(C)C)[C@@H]2O)(c2ccccc2)c2ccc(OC)cc2)cc1. The molecular formula is C48H54N4O7Si. The molecule has 1 saturated heterocycles. The summed E-state index contributed by atoms with van der Waals surface area (Å²) in [4.78, 5) is 25.2. The second-order valence-corrected chi connectivity index (χ2v) is 21.9. The van der Waals surface area contributed by atoms with Gasteiger partial charge in [-0.1, -0.05) is 93.6 Å². The van der Waals surface area contributed by atoms with E-state index in [9.17, 15) is 9.90 Å². The fourth-order valence-corrected chi connectivity index (χ4v) is 9.50. The van der Waals surface area contributed by atoms with Crippen molar-refractivity contribution in [2.24, 2.45) is 0 Å². The molecule has 11 nitrogen and oxygen atoms in total. The van der Waals surface area contributed by atoms with Crippen LogP contribution >= 0.6 is 0 Å². The summed E-state index contributed by atoms with van der Waals surface area (Å²) >= 11 is 0. The van der Waals surface area contributed by atoms with Crippen LogP contribution in [0.25, 0.3) is 11.0 Å². The predicted octanol–water partition coefficient (Wildman–Crippen LogP) is 8.70. The van der Waals surface area contributed by atoms with Gasteiger partial charge in [0.05, 0.1) is 26.2 Å². The molecule has 0 aliphatic carbocycles. The van der Waals surface area contributed by atoms with Crippen molar-refractivity contribution in [3.63, 3.8) is 0 Å². The maximum atomic E-state index is 13.9. The minimum atomic E-state index is -2.49. The maximum Gasteiger partial charge on any atom is 0.259 e. The molecule has 312 valence electrons. The molecule has 12 heteroatoms. The first kappa shape index (κ1) is 41.4. The van der Waals surface area contributed by atoms with Crippen LogP contribution in [0.5, 0.6) is 11.5 Å². The maximum absolute atomic E-state index is 13.9. The first-order valence-electron chi connectivity index (χ1n) is 20.6. The predicted molar refractivity (Wildman–Crippen MR) is 234 cm³/mol. The number of aromatic nitrogens is 3. The van der Waals surface area contributed by atoms with E-state index in [-0.39, 0.29) is 17.6 Å². The lowest BCUT2D eigenvalue weighted by Gasteiger charge is -2.40. The van der Waals surface area contributed by atoms with Crippen LogP contribution in [0.2, 0.25) is 18.1 Å². The Morgan fingerprint density at radius 3 is 2.00 bits per heavy atom. The van der Waals surface area contributed by atoms with Gasteiger partial charge in [-0.25, -0.2) is 9.97 Å². The summed E-state index contributed by atoms with van der Waals surface area (Å²) in [6.45, 7) is 11.4. The molecule has 4 heterocycles. The van der Waals surface area contributed by atoms with Gasteiger partial charge in [0.2, 0.25) is 0 Å². The van der Waals surface area contributed by atoms with Gasteiger partial charge in [-0.05, 0) is 89.6 Å². The van der Waals surface area contributed by atoms with Gasteiger partial charge in [0, 0.05) is 18.3 Å². The number of rotatable bonds is 12. The van der Waals surface area contributed by atoms with Crippen LogP contribution in [0, 0.1) is 0 Å². The molecule has 0 saturated carbocycles. The number of nitrogens with zero attached hydrogens (tertiary/aromatic N) is 4. The summed E-state index contributed by atoms with van der Waals surface area (Å²) in [6.07, 6.45) is 1.58. The Kier molecular flexibility index (Phi) is 11.4. The number of aliphatic hydroxyl groups excluding tert-OH is 1. The van der Waals surface area contributed by atoms with Gasteiger partial charge >= 0.3 is 0 Å². The summed E-state index contributed by atoms with van der Waals surface area (Å²) in [5.41, 5.74) is 3.72. The van der Waals surface area contributed by atoms with Crippen molar-refractivity contribution in [2.45, 2.75) is 81.9 Å². The van der Waals surface area contributed by atoms with Gasteiger partial charge in [0.1, 0.15) is 53.2 Å². The molecule has 0 radical (unpaired) electrons. The Balaban J connectivity index is 1.21. The average Bonchev–Trinajstić information content (AvgIpc) is 3.71. The van der Waals surface area contributed by atoms with Crippen LogP contribution < -0.4 is 14.4 Å². The summed E-state index contributed by atoms with van der Waals surface area (Å²) in [5.74, 6) is 1.88. The van der Waals surface area contributed by atoms with Crippen molar-refractivity contribution in [2.75, 3.05) is 32.3 Å². The fourth-order valence-electron chi connectivity index (χ4n) is 8.21. The van der Waals surface area contributed by atoms with Crippen LogP contribution in [-0.2, 0) is 25.9 Å². The van der Waals surface area contributed by atoms with E-state index in [1.807, 2.05) is 120 Å². The Hall–Kier alpha value is -5.37. The van der Waals surface area contributed by atoms with E-state index in [0.29, 0.717) is 30.0 Å². The zero-order valence-corrected chi connectivity index (χ0v) is 36.4. The van der Waals surface area contributed by atoms with Crippen LogP contribution in [0.3, 0.4) is 0 Å². The Morgan fingerprint density at radius 1 is 0.833 bits per heavy atom. The van der Waals surface area contributed by atoms with Crippen molar-refractivity contribution in [3.05, 3.63) is 150 Å². The zero-order valence-electron chi connectivity index (χ0n) is 35.4. The number of aliphatic hydroxyl groups is 1. The molecule has 1 amide bonds. The van der Waals surface area contributed by atoms with Gasteiger partial charge < -0.3 is 33.0 Å². The number of ether oxygens (including phenoxy) is 4. The monoisotopic (exact) mass is 826 g/mol. The number of aryl methyl sites for hydroxylation is 1. The minimum Gasteiger partial charge on any atom is -0.497 e. The number of methoxy groups -OCH3 is 2. The molecule has 1 fully saturated rings.